The van der Waals surface area contributed by atoms with Crippen molar-refractivity contribution >= 4 is 0 Å². The molecule has 0 bridgehead atoms. The Hall–Kier alpha value is -6.46. The van der Waals surface area contributed by atoms with Crippen molar-refractivity contribution in [3.8, 4) is 47.9 Å². The maximum absolute atomic E-state index is 5.53. The lowest BCUT2D eigenvalue weighted by Gasteiger charge is -2.00. The van der Waals surface area contributed by atoms with Crippen molar-refractivity contribution in [3.63, 3.8) is 0 Å². The van der Waals surface area contributed by atoms with Crippen LogP contribution in [0.5, 0.6) is 0 Å². The first-order chi connectivity index (χ1) is 25.5. The van der Waals surface area contributed by atoms with Crippen molar-refractivity contribution in [3.05, 3.63) is 179 Å². The summed E-state index contributed by atoms with van der Waals surface area (Å²) in [5.74, 6) is 22.7. The number of nitrogens with zero attached hydrogens (tertiary/aromatic N) is 4. The summed E-state index contributed by atoms with van der Waals surface area (Å²) in [7, 11) is 0. The number of benzene rings is 4. The maximum atomic E-state index is 5.53. The molecular weight excluding hydrogens is 633 g/mol. The Balaban J connectivity index is 1.19. The summed E-state index contributed by atoms with van der Waals surface area (Å²) >= 11 is 0. The standard InChI is InChI=1S/C48H44N4/c1-4-7-27-49-29-31-51(38-49)36-44-20-13-42(14-21-44)18-25-47-33-46(24-17-41-11-9-40(6-3)10-12-41)34-48(35-47)26-19-43-15-22-45(23-16-43)37-52-32-30-50(39-52)28-8-5-2/h3,9-16,20-23,29-35,38-39H,4-5,7-8,27-28,36-37H2,1-2H3/q+2. The monoisotopic (exact) mass is 676 g/mol. The highest BCUT2D eigenvalue weighted by Crippen LogP contribution is 2.12. The van der Waals surface area contributed by atoms with Crippen molar-refractivity contribution < 1.29 is 9.13 Å². The highest BCUT2D eigenvalue weighted by molar-refractivity contribution is 5.55. The number of imidazole rings is 2. The number of aromatic nitrogens is 4. The average Bonchev–Trinajstić information content (AvgIpc) is 3.84. The quantitative estimate of drug-likeness (QED) is 0.104. The molecule has 0 aliphatic rings. The predicted octanol–water partition coefficient (Wildman–Crippen LogP) is 7.74. The summed E-state index contributed by atoms with van der Waals surface area (Å²) in [5, 5.41) is 0. The minimum atomic E-state index is 0.829. The molecule has 4 nitrogen and oxygen atoms in total. The summed E-state index contributed by atoms with van der Waals surface area (Å²) in [6.45, 7) is 8.21. The first-order valence-electron chi connectivity index (χ1n) is 18.1. The normalized spacial score (nSPS) is 10.2. The predicted molar refractivity (Wildman–Crippen MR) is 209 cm³/mol. The lowest BCUT2D eigenvalue weighted by molar-refractivity contribution is -0.688. The van der Waals surface area contributed by atoms with Gasteiger partial charge in [-0.25, -0.2) is 18.3 Å². The van der Waals surface area contributed by atoms with Crippen LogP contribution in [-0.2, 0) is 26.2 Å². The number of aryl methyl sites for hydroxylation is 2. The van der Waals surface area contributed by atoms with Gasteiger partial charge in [0.2, 0.25) is 12.7 Å². The second-order valence-corrected chi connectivity index (χ2v) is 13.0. The Kier molecular flexibility index (Phi) is 12.2. The zero-order valence-corrected chi connectivity index (χ0v) is 30.1. The lowest BCUT2D eigenvalue weighted by Crippen LogP contribution is -2.31. The molecule has 0 aliphatic carbocycles. The number of rotatable bonds is 10. The molecule has 6 rings (SSSR count). The van der Waals surface area contributed by atoms with Crippen LogP contribution >= 0.6 is 0 Å². The molecule has 4 aromatic carbocycles. The van der Waals surface area contributed by atoms with E-state index in [4.69, 9.17) is 6.42 Å². The third-order valence-electron chi connectivity index (χ3n) is 8.71. The maximum Gasteiger partial charge on any atom is 0.244 e. The minimum Gasteiger partial charge on any atom is -0.237 e. The zero-order chi connectivity index (χ0) is 36.0. The van der Waals surface area contributed by atoms with Gasteiger partial charge in [0.05, 0.1) is 13.1 Å². The first-order valence-corrected chi connectivity index (χ1v) is 18.1. The Labute approximate surface area is 309 Å². The van der Waals surface area contributed by atoms with Gasteiger partial charge in [-0.05, 0) is 90.7 Å². The molecule has 0 aliphatic heterocycles. The number of unbranched alkanes of at least 4 members (excludes halogenated alkanes) is 2. The fourth-order valence-electron chi connectivity index (χ4n) is 5.75. The van der Waals surface area contributed by atoms with Crippen LogP contribution in [0.2, 0.25) is 0 Å². The molecule has 0 amide bonds. The fraction of sp³-hybridized carbons (Fsp3) is 0.208. The van der Waals surface area contributed by atoms with Gasteiger partial charge >= 0.3 is 0 Å². The number of terminal acetylenes is 1. The molecule has 254 valence electrons. The van der Waals surface area contributed by atoms with E-state index < -0.39 is 0 Å². The molecule has 2 heterocycles. The van der Waals surface area contributed by atoms with Gasteiger partial charge in [-0.3, -0.25) is 0 Å². The molecule has 2 aromatic heterocycles. The summed E-state index contributed by atoms with van der Waals surface area (Å²) < 4.78 is 8.94. The summed E-state index contributed by atoms with van der Waals surface area (Å²) in [4.78, 5) is 0. The number of hydrogen-bond acceptors (Lipinski definition) is 0. The van der Waals surface area contributed by atoms with E-state index in [0.717, 1.165) is 65.1 Å². The molecule has 0 unspecified atom stereocenters. The van der Waals surface area contributed by atoms with E-state index in [1.165, 1.54) is 36.8 Å². The zero-order valence-electron chi connectivity index (χ0n) is 30.1. The average molecular weight is 677 g/mol. The second-order valence-electron chi connectivity index (χ2n) is 13.0. The highest BCUT2D eigenvalue weighted by atomic mass is 15.1. The molecule has 4 heteroatoms. The summed E-state index contributed by atoms with van der Waals surface area (Å²) in [5.41, 5.74) is 8.72. The SMILES string of the molecule is C#Cc1ccc(C#Cc2cc(C#Cc3ccc(C[n+]4ccn(CCCC)c4)cc3)cc(C#Cc3ccc(C[n+]4ccn(CCCC)c4)cc3)c2)cc1. The largest absolute Gasteiger partial charge is 0.244 e. The van der Waals surface area contributed by atoms with Crippen LogP contribution in [0, 0.1) is 47.9 Å². The van der Waals surface area contributed by atoms with E-state index in [2.05, 4.69) is 160 Å². The van der Waals surface area contributed by atoms with Crippen LogP contribution in [0.1, 0.15) is 89.6 Å². The van der Waals surface area contributed by atoms with E-state index in [9.17, 15) is 0 Å². The van der Waals surface area contributed by atoms with Gasteiger partial charge in [0.1, 0.15) is 37.9 Å². The molecule has 0 radical (unpaired) electrons. The van der Waals surface area contributed by atoms with E-state index >= 15 is 0 Å². The molecule has 0 fully saturated rings. The van der Waals surface area contributed by atoms with Crippen molar-refractivity contribution in [2.75, 3.05) is 0 Å². The van der Waals surface area contributed by atoms with Crippen LogP contribution in [-0.4, -0.2) is 9.13 Å². The van der Waals surface area contributed by atoms with Gasteiger partial charge in [0.25, 0.3) is 0 Å². The van der Waals surface area contributed by atoms with Gasteiger partial charge in [-0.1, -0.05) is 92.4 Å². The van der Waals surface area contributed by atoms with Gasteiger partial charge in [-0.2, -0.15) is 0 Å². The first kappa shape index (κ1) is 35.4. The van der Waals surface area contributed by atoms with E-state index in [1.807, 2.05) is 42.5 Å². The van der Waals surface area contributed by atoms with Crippen molar-refractivity contribution in [1.29, 1.82) is 0 Å². The molecule has 0 atom stereocenters. The third kappa shape index (κ3) is 10.5. The van der Waals surface area contributed by atoms with Crippen molar-refractivity contribution in [2.24, 2.45) is 0 Å². The molecule has 0 spiro atoms. The molecule has 6 aromatic rings. The van der Waals surface area contributed by atoms with Gasteiger partial charge in [0.15, 0.2) is 0 Å². The van der Waals surface area contributed by atoms with Gasteiger partial charge in [-0.15, -0.1) is 6.42 Å². The topological polar surface area (TPSA) is 17.6 Å². The second kappa shape index (κ2) is 18.0. The van der Waals surface area contributed by atoms with Crippen molar-refractivity contribution in [2.45, 2.75) is 65.7 Å². The lowest BCUT2D eigenvalue weighted by atomic mass is 10.0. The summed E-state index contributed by atoms with van der Waals surface area (Å²) in [6, 6.07) is 30.8. The van der Waals surface area contributed by atoms with E-state index in [0.29, 0.717) is 0 Å². The van der Waals surface area contributed by atoms with Crippen LogP contribution in [0.15, 0.2) is 128 Å². The smallest absolute Gasteiger partial charge is 0.237 e. The minimum absolute atomic E-state index is 0.829. The van der Waals surface area contributed by atoms with Gasteiger partial charge in [0, 0.05) is 38.9 Å². The summed E-state index contributed by atoms with van der Waals surface area (Å²) in [6.07, 6.45) is 23.2. The molecular formula is C48H44N4+2. The molecule has 0 saturated carbocycles. The molecule has 0 N–H and O–H groups in total. The van der Waals surface area contributed by atoms with Crippen LogP contribution in [0.4, 0.5) is 0 Å². The Morgan fingerprint density at radius 3 is 1.19 bits per heavy atom. The van der Waals surface area contributed by atoms with Crippen LogP contribution < -0.4 is 9.13 Å². The fourth-order valence-corrected chi connectivity index (χ4v) is 5.75. The Morgan fingerprint density at radius 1 is 0.481 bits per heavy atom. The third-order valence-corrected chi connectivity index (χ3v) is 8.71. The van der Waals surface area contributed by atoms with Gasteiger partial charge < -0.3 is 0 Å². The number of hydrogen-bond donors (Lipinski definition) is 0. The molecule has 52 heavy (non-hydrogen) atoms. The van der Waals surface area contributed by atoms with E-state index in [-0.39, 0.29) is 0 Å². The molecule has 0 saturated heterocycles. The Bertz CT molecular complexity index is 2200. The van der Waals surface area contributed by atoms with Crippen molar-refractivity contribution in [1.82, 2.24) is 9.13 Å². The van der Waals surface area contributed by atoms with Crippen LogP contribution in [0.25, 0.3) is 0 Å². The highest BCUT2D eigenvalue weighted by Gasteiger charge is 2.06. The Morgan fingerprint density at radius 2 is 0.827 bits per heavy atom. The van der Waals surface area contributed by atoms with Crippen LogP contribution in [0.3, 0.4) is 0 Å². The van der Waals surface area contributed by atoms with E-state index in [1.54, 1.807) is 0 Å².